The van der Waals surface area contributed by atoms with Gasteiger partial charge in [-0.25, -0.2) is 8.78 Å². The number of carbonyl (C=O) groups excluding carboxylic acids is 1. The summed E-state index contributed by atoms with van der Waals surface area (Å²) in [5.74, 6) is -2.08. The topological polar surface area (TPSA) is 22.0 Å². The van der Waals surface area contributed by atoms with Crippen molar-refractivity contribution in [2.24, 2.45) is 0 Å². The number of fused-ring (bicyclic) bond motifs is 1. The normalized spacial score (nSPS) is 13.3. The van der Waals surface area contributed by atoms with Gasteiger partial charge in [-0.15, -0.1) is 0 Å². The van der Waals surface area contributed by atoms with Crippen LogP contribution in [0.25, 0.3) is 6.08 Å². The van der Waals surface area contributed by atoms with Gasteiger partial charge in [-0.05, 0) is 36.3 Å². The minimum atomic E-state index is -0.952. The molecule has 0 aliphatic carbocycles. The van der Waals surface area contributed by atoms with E-state index in [0.717, 1.165) is 24.2 Å². The van der Waals surface area contributed by atoms with Crippen LogP contribution < -0.4 is 0 Å². The van der Waals surface area contributed by atoms with Crippen LogP contribution in [0.3, 0.4) is 0 Å². The van der Waals surface area contributed by atoms with Gasteiger partial charge in [0.05, 0.1) is 5.02 Å². The number of rotatable bonds is 3. The second-order valence-electron chi connectivity index (χ2n) is 4.96. The molecule has 0 atom stereocenters. The summed E-state index contributed by atoms with van der Waals surface area (Å²) in [6.45, 7) is 0.692. The zero-order valence-electron chi connectivity index (χ0n) is 11.1. The van der Waals surface area contributed by atoms with E-state index in [2.05, 4.69) is 0 Å². The number of carbonyl (C=O) groups is 1. The molecule has 2 nitrogen and oxygen atoms in total. The summed E-state index contributed by atoms with van der Waals surface area (Å²) in [6.07, 6.45) is 4.77. The Labute approximate surface area is 125 Å². The van der Waals surface area contributed by atoms with Crippen molar-refractivity contribution in [3.63, 3.8) is 0 Å². The maximum Gasteiger partial charge on any atom is 0.185 e. The van der Waals surface area contributed by atoms with Gasteiger partial charge in [0, 0.05) is 18.7 Å². The van der Waals surface area contributed by atoms with E-state index in [1.807, 2.05) is 16.7 Å². The first kappa shape index (κ1) is 14.0. The van der Waals surface area contributed by atoms with Crippen LogP contribution in [0.1, 0.15) is 28.2 Å². The minimum Gasteiger partial charge on any atom is -0.337 e. The number of halogens is 3. The number of hydrogen-bond donors (Lipinski definition) is 0. The Bertz CT molecular complexity index is 749. The number of Topliss-reactive ketones (excluding diaryl/α,β-unsaturated/α-hetero) is 1. The number of ketones is 1. The number of allylic oxidation sites excluding steroid dienone is 1. The summed E-state index contributed by atoms with van der Waals surface area (Å²) < 4.78 is 28.0. The number of nitrogens with zero attached hydrogens (tertiary/aromatic N) is 1. The van der Waals surface area contributed by atoms with E-state index in [1.54, 1.807) is 6.07 Å². The third-order valence-electron chi connectivity index (χ3n) is 3.50. The minimum absolute atomic E-state index is 0.00983. The molecule has 0 bridgehead atoms. The van der Waals surface area contributed by atoms with Crippen molar-refractivity contribution in [2.45, 2.75) is 19.4 Å². The molecule has 5 heteroatoms. The van der Waals surface area contributed by atoms with Crippen molar-refractivity contribution < 1.29 is 13.6 Å². The van der Waals surface area contributed by atoms with Gasteiger partial charge < -0.3 is 4.57 Å². The Balaban J connectivity index is 1.90. The van der Waals surface area contributed by atoms with Gasteiger partial charge in [-0.1, -0.05) is 23.7 Å². The second-order valence-corrected chi connectivity index (χ2v) is 5.36. The van der Waals surface area contributed by atoms with E-state index in [9.17, 15) is 13.6 Å². The SMILES string of the molecule is O=C(Cc1ccc(F)c(F)c1)c1c(Cl)cc2n1CCC=C2. The Hall–Kier alpha value is -1.94. The zero-order valence-corrected chi connectivity index (χ0v) is 11.8. The van der Waals surface area contributed by atoms with Crippen molar-refractivity contribution in [1.29, 1.82) is 0 Å². The van der Waals surface area contributed by atoms with Gasteiger partial charge in [-0.2, -0.15) is 0 Å². The Morgan fingerprint density at radius 1 is 1.24 bits per heavy atom. The summed E-state index contributed by atoms with van der Waals surface area (Å²) >= 11 is 6.14. The molecule has 0 saturated heterocycles. The van der Waals surface area contributed by atoms with Crippen LogP contribution >= 0.6 is 11.6 Å². The lowest BCUT2D eigenvalue weighted by atomic mass is 10.1. The van der Waals surface area contributed by atoms with E-state index < -0.39 is 11.6 Å². The Kier molecular flexibility index (Phi) is 3.64. The predicted octanol–water partition coefficient (Wildman–Crippen LogP) is 4.26. The average molecular weight is 308 g/mol. The molecule has 2 aromatic rings. The molecule has 0 spiro atoms. The first-order chi connectivity index (χ1) is 10.1. The molecule has 0 fully saturated rings. The molecule has 1 aromatic heterocycles. The number of hydrogen-bond acceptors (Lipinski definition) is 1. The van der Waals surface area contributed by atoms with Crippen LogP contribution in [-0.2, 0) is 13.0 Å². The van der Waals surface area contributed by atoms with Crippen molar-refractivity contribution in [2.75, 3.05) is 0 Å². The summed E-state index contributed by atoms with van der Waals surface area (Å²) in [7, 11) is 0. The molecule has 0 saturated carbocycles. The maximum absolute atomic E-state index is 13.2. The van der Waals surface area contributed by atoms with Gasteiger partial charge >= 0.3 is 0 Å². The fraction of sp³-hybridized carbons (Fsp3) is 0.188. The fourth-order valence-corrected chi connectivity index (χ4v) is 2.84. The van der Waals surface area contributed by atoms with E-state index in [4.69, 9.17) is 11.6 Å². The first-order valence-corrected chi connectivity index (χ1v) is 6.97. The summed E-state index contributed by atoms with van der Waals surface area (Å²) in [4.78, 5) is 12.4. The summed E-state index contributed by atoms with van der Waals surface area (Å²) in [6, 6.07) is 5.22. The van der Waals surface area contributed by atoms with Crippen molar-refractivity contribution in [3.05, 3.63) is 63.9 Å². The molecule has 0 radical (unpaired) electrons. The fourth-order valence-electron chi connectivity index (χ4n) is 2.52. The first-order valence-electron chi connectivity index (χ1n) is 6.59. The van der Waals surface area contributed by atoms with E-state index >= 15 is 0 Å². The third-order valence-corrected chi connectivity index (χ3v) is 3.79. The molecule has 1 aromatic carbocycles. The van der Waals surface area contributed by atoms with Crippen molar-refractivity contribution in [3.8, 4) is 0 Å². The molecule has 0 N–H and O–H groups in total. The maximum atomic E-state index is 13.2. The van der Waals surface area contributed by atoms with Crippen LogP contribution in [-0.4, -0.2) is 10.4 Å². The molecular weight excluding hydrogens is 296 g/mol. The number of aromatic nitrogens is 1. The van der Waals surface area contributed by atoms with Gasteiger partial charge in [-0.3, -0.25) is 4.79 Å². The van der Waals surface area contributed by atoms with Crippen molar-refractivity contribution in [1.82, 2.24) is 4.57 Å². The summed E-state index contributed by atoms with van der Waals surface area (Å²) in [5, 5.41) is 0.393. The molecule has 0 unspecified atom stereocenters. The van der Waals surface area contributed by atoms with Crippen LogP contribution in [0.15, 0.2) is 30.3 Å². The van der Waals surface area contributed by atoms with Crippen molar-refractivity contribution >= 4 is 23.5 Å². The van der Waals surface area contributed by atoms with Gasteiger partial charge in [0.2, 0.25) is 0 Å². The highest BCUT2D eigenvalue weighted by atomic mass is 35.5. The molecule has 108 valence electrons. The largest absolute Gasteiger partial charge is 0.337 e. The molecule has 21 heavy (non-hydrogen) atoms. The van der Waals surface area contributed by atoms with E-state index in [0.29, 0.717) is 22.8 Å². The van der Waals surface area contributed by atoms with Crippen LogP contribution in [0.2, 0.25) is 5.02 Å². The van der Waals surface area contributed by atoms with Gasteiger partial charge in [0.25, 0.3) is 0 Å². The molecule has 3 rings (SSSR count). The standard InChI is InChI=1S/C16H12ClF2NO/c17-12-9-11-3-1-2-6-20(11)16(12)15(21)8-10-4-5-13(18)14(19)7-10/h1,3-5,7,9H,2,6,8H2. The Morgan fingerprint density at radius 3 is 2.81 bits per heavy atom. The number of benzene rings is 1. The van der Waals surface area contributed by atoms with E-state index in [-0.39, 0.29) is 12.2 Å². The molecule has 1 aliphatic rings. The van der Waals surface area contributed by atoms with Crippen LogP contribution in [0.5, 0.6) is 0 Å². The van der Waals surface area contributed by atoms with Crippen LogP contribution in [0, 0.1) is 11.6 Å². The predicted molar refractivity (Wildman–Crippen MR) is 77.5 cm³/mol. The quantitative estimate of drug-likeness (QED) is 0.777. The molecule has 2 heterocycles. The summed E-state index contributed by atoms with van der Waals surface area (Å²) in [5.41, 5.74) is 1.75. The third kappa shape index (κ3) is 2.63. The lowest BCUT2D eigenvalue weighted by Gasteiger charge is -2.13. The lowest BCUT2D eigenvalue weighted by molar-refractivity contribution is 0.0984. The molecule has 1 aliphatic heterocycles. The van der Waals surface area contributed by atoms with Gasteiger partial charge in [0.1, 0.15) is 5.69 Å². The lowest BCUT2D eigenvalue weighted by Crippen LogP contribution is -2.14. The van der Waals surface area contributed by atoms with Crippen LogP contribution in [0.4, 0.5) is 8.78 Å². The second kappa shape index (κ2) is 5.45. The highest BCUT2D eigenvalue weighted by Crippen LogP contribution is 2.27. The highest BCUT2D eigenvalue weighted by molar-refractivity contribution is 6.34. The highest BCUT2D eigenvalue weighted by Gasteiger charge is 2.20. The van der Waals surface area contributed by atoms with E-state index in [1.165, 1.54) is 6.07 Å². The molecule has 0 amide bonds. The average Bonchev–Trinajstić information content (AvgIpc) is 2.78. The van der Waals surface area contributed by atoms with Gasteiger partial charge in [0.15, 0.2) is 17.4 Å². The monoisotopic (exact) mass is 307 g/mol. The zero-order chi connectivity index (χ0) is 15.0. The Morgan fingerprint density at radius 2 is 2.05 bits per heavy atom. The smallest absolute Gasteiger partial charge is 0.185 e. The molecular formula is C16H12ClF2NO.